The second-order valence-electron chi connectivity index (χ2n) is 3.54. The van der Waals surface area contributed by atoms with Crippen LogP contribution in [0.1, 0.15) is 16.1 Å². The summed E-state index contributed by atoms with van der Waals surface area (Å²) in [6.45, 7) is 0.300. The van der Waals surface area contributed by atoms with Crippen molar-refractivity contribution in [1.29, 1.82) is 0 Å². The lowest BCUT2D eigenvalue weighted by atomic mass is 10.2. The lowest BCUT2D eigenvalue weighted by Crippen LogP contribution is -2.23. The predicted octanol–water partition coefficient (Wildman–Crippen LogP) is 0.803. The van der Waals surface area contributed by atoms with Crippen LogP contribution >= 0.6 is 11.3 Å². The summed E-state index contributed by atoms with van der Waals surface area (Å²) in [7, 11) is 1.74. The molecule has 0 radical (unpaired) electrons. The normalized spacial score (nSPS) is 10.1. The predicted molar refractivity (Wildman–Crippen MR) is 69.9 cm³/mol. The molecule has 0 aromatic carbocycles. The highest BCUT2D eigenvalue weighted by Crippen LogP contribution is 2.06. The molecular weight excluding hydrogens is 252 g/mol. The number of nitrogens with zero attached hydrogens (tertiary/aromatic N) is 1. The van der Waals surface area contributed by atoms with Crippen LogP contribution < -0.4 is 15.5 Å². The van der Waals surface area contributed by atoms with E-state index >= 15 is 0 Å². The van der Waals surface area contributed by atoms with Crippen molar-refractivity contribution < 1.29 is 4.79 Å². The molecule has 0 aliphatic heterocycles. The molecule has 0 unspecified atom stereocenters. The first-order valence-corrected chi connectivity index (χ1v) is 6.15. The first kappa shape index (κ1) is 12.3. The molecule has 0 atom stereocenters. The molecule has 2 rings (SSSR count). The smallest absolute Gasteiger partial charge is 0.304 e. The van der Waals surface area contributed by atoms with Crippen LogP contribution in [0.4, 0.5) is 5.82 Å². The molecule has 2 heterocycles. The molecule has 18 heavy (non-hydrogen) atoms. The number of rotatable bonds is 4. The summed E-state index contributed by atoms with van der Waals surface area (Å²) < 4.78 is 0. The van der Waals surface area contributed by atoms with E-state index in [9.17, 15) is 9.59 Å². The molecule has 7 heteroatoms. The number of hydrogen-bond donors (Lipinski definition) is 3. The average molecular weight is 264 g/mol. The molecule has 1 amide bonds. The maximum atomic E-state index is 11.8. The van der Waals surface area contributed by atoms with E-state index in [1.807, 2.05) is 0 Å². The molecule has 2 aromatic heterocycles. The van der Waals surface area contributed by atoms with Gasteiger partial charge in [0.25, 0.3) is 5.91 Å². The number of nitrogens with one attached hydrogen (secondary N) is 3. The van der Waals surface area contributed by atoms with Crippen LogP contribution in [-0.4, -0.2) is 22.9 Å². The van der Waals surface area contributed by atoms with Gasteiger partial charge in [0.2, 0.25) is 0 Å². The Morgan fingerprint density at radius 3 is 3.06 bits per heavy atom. The third-order valence-electron chi connectivity index (χ3n) is 2.29. The number of carbonyl (C=O) groups is 1. The van der Waals surface area contributed by atoms with E-state index in [-0.39, 0.29) is 10.8 Å². The van der Waals surface area contributed by atoms with Crippen molar-refractivity contribution in [2.45, 2.75) is 6.54 Å². The van der Waals surface area contributed by atoms with Crippen LogP contribution in [-0.2, 0) is 6.54 Å². The van der Waals surface area contributed by atoms with E-state index in [4.69, 9.17) is 0 Å². The van der Waals surface area contributed by atoms with Crippen LogP contribution in [0.25, 0.3) is 0 Å². The summed E-state index contributed by atoms with van der Waals surface area (Å²) in [6, 6.07) is 3.29. The Labute approximate surface area is 107 Å². The minimum absolute atomic E-state index is 0.124. The van der Waals surface area contributed by atoms with Gasteiger partial charge in [0, 0.05) is 29.9 Å². The van der Waals surface area contributed by atoms with Crippen molar-refractivity contribution in [2.24, 2.45) is 0 Å². The molecular formula is C11H12N4O2S. The van der Waals surface area contributed by atoms with Gasteiger partial charge in [-0.2, -0.15) is 0 Å². The Morgan fingerprint density at radius 2 is 2.39 bits per heavy atom. The average Bonchev–Trinajstić information content (AvgIpc) is 2.82. The maximum absolute atomic E-state index is 11.8. The van der Waals surface area contributed by atoms with Crippen LogP contribution in [0.15, 0.2) is 28.5 Å². The Morgan fingerprint density at radius 1 is 1.56 bits per heavy atom. The van der Waals surface area contributed by atoms with E-state index in [1.165, 1.54) is 0 Å². The van der Waals surface area contributed by atoms with Gasteiger partial charge in [-0.05, 0) is 12.1 Å². The SMILES string of the molecule is CNc1cc(C(=O)NCc2csc(=O)[nH]2)ccn1. The number of thiazole rings is 1. The third kappa shape index (κ3) is 2.95. The van der Waals surface area contributed by atoms with E-state index in [0.29, 0.717) is 23.6 Å². The molecule has 94 valence electrons. The van der Waals surface area contributed by atoms with Gasteiger partial charge in [-0.25, -0.2) is 4.98 Å². The number of amides is 1. The van der Waals surface area contributed by atoms with E-state index < -0.39 is 0 Å². The number of hydrogen-bond acceptors (Lipinski definition) is 5. The molecule has 0 saturated carbocycles. The summed E-state index contributed by atoms with van der Waals surface area (Å²) in [6.07, 6.45) is 1.56. The third-order valence-corrected chi connectivity index (χ3v) is 3.01. The minimum Gasteiger partial charge on any atom is -0.373 e. The lowest BCUT2D eigenvalue weighted by molar-refractivity contribution is 0.0950. The van der Waals surface area contributed by atoms with Crippen molar-refractivity contribution in [3.63, 3.8) is 0 Å². The maximum Gasteiger partial charge on any atom is 0.304 e. The highest BCUT2D eigenvalue weighted by atomic mass is 32.1. The van der Waals surface area contributed by atoms with Gasteiger partial charge < -0.3 is 15.6 Å². The first-order valence-electron chi connectivity index (χ1n) is 5.28. The highest BCUT2D eigenvalue weighted by Gasteiger charge is 2.06. The van der Waals surface area contributed by atoms with Crippen molar-refractivity contribution in [3.05, 3.63) is 44.6 Å². The fraction of sp³-hybridized carbons (Fsp3) is 0.182. The van der Waals surface area contributed by atoms with Crippen molar-refractivity contribution in [1.82, 2.24) is 15.3 Å². The first-order chi connectivity index (χ1) is 8.69. The van der Waals surface area contributed by atoms with E-state index in [1.54, 1.807) is 30.8 Å². The molecule has 0 spiro atoms. The molecule has 6 nitrogen and oxygen atoms in total. The molecule has 0 saturated heterocycles. The summed E-state index contributed by atoms with van der Waals surface area (Å²) in [5.74, 6) is 0.424. The Kier molecular flexibility index (Phi) is 3.73. The van der Waals surface area contributed by atoms with Crippen molar-refractivity contribution in [3.8, 4) is 0 Å². The standard InChI is InChI=1S/C11H12N4O2S/c1-12-9-4-7(2-3-13-9)10(16)14-5-8-6-18-11(17)15-8/h2-4,6H,5H2,1H3,(H,12,13)(H,14,16)(H,15,17). The molecule has 0 aliphatic carbocycles. The monoisotopic (exact) mass is 264 g/mol. The number of carbonyl (C=O) groups excluding carboxylic acids is 1. The fourth-order valence-corrected chi connectivity index (χ4v) is 1.97. The zero-order valence-electron chi connectivity index (χ0n) is 9.69. The molecule has 0 bridgehead atoms. The Bertz CT molecular complexity index is 605. The van der Waals surface area contributed by atoms with Crippen LogP contribution in [0.5, 0.6) is 0 Å². The zero-order valence-corrected chi connectivity index (χ0v) is 10.5. The Balaban J connectivity index is 2.01. The summed E-state index contributed by atoms with van der Waals surface area (Å²) >= 11 is 1.08. The largest absolute Gasteiger partial charge is 0.373 e. The Hall–Kier alpha value is -2.15. The summed E-state index contributed by atoms with van der Waals surface area (Å²) in [5.41, 5.74) is 1.22. The van der Waals surface area contributed by atoms with Crippen molar-refractivity contribution >= 4 is 23.1 Å². The number of anilines is 1. The minimum atomic E-state index is -0.207. The molecule has 3 N–H and O–H groups in total. The number of H-pyrrole nitrogens is 1. The highest BCUT2D eigenvalue weighted by molar-refractivity contribution is 7.07. The van der Waals surface area contributed by atoms with Gasteiger partial charge in [0.05, 0.1) is 6.54 Å². The van der Waals surface area contributed by atoms with Crippen LogP contribution in [0, 0.1) is 0 Å². The topological polar surface area (TPSA) is 86.9 Å². The van der Waals surface area contributed by atoms with Crippen LogP contribution in [0.3, 0.4) is 0 Å². The van der Waals surface area contributed by atoms with Gasteiger partial charge in [0.15, 0.2) is 0 Å². The number of pyridine rings is 1. The quantitative estimate of drug-likeness (QED) is 0.762. The molecule has 0 aliphatic rings. The van der Waals surface area contributed by atoms with Crippen LogP contribution in [0.2, 0.25) is 0 Å². The van der Waals surface area contributed by atoms with Crippen molar-refractivity contribution in [2.75, 3.05) is 12.4 Å². The van der Waals surface area contributed by atoms with Gasteiger partial charge in [-0.1, -0.05) is 11.3 Å². The van der Waals surface area contributed by atoms with E-state index in [2.05, 4.69) is 20.6 Å². The van der Waals surface area contributed by atoms with Gasteiger partial charge >= 0.3 is 4.87 Å². The fourth-order valence-electron chi connectivity index (χ4n) is 1.39. The summed E-state index contributed by atoms with van der Waals surface area (Å²) in [5, 5.41) is 7.27. The zero-order chi connectivity index (χ0) is 13.0. The molecule has 0 fully saturated rings. The number of aromatic amines is 1. The van der Waals surface area contributed by atoms with E-state index in [0.717, 1.165) is 11.3 Å². The lowest BCUT2D eigenvalue weighted by Gasteiger charge is -2.05. The summed E-state index contributed by atoms with van der Waals surface area (Å²) in [4.78, 5) is 29.3. The second kappa shape index (κ2) is 5.46. The molecule has 2 aromatic rings. The van der Waals surface area contributed by atoms with Gasteiger partial charge in [-0.3, -0.25) is 9.59 Å². The number of aromatic nitrogens is 2. The van der Waals surface area contributed by atoms with Gasteiger partial charge in [0.1, 0.15) is 5.82 Å². The second-order valence-corrected chi connectivity index (χ2v) is 4.38. The van der Waals surface area contributed by atoms with Gasteiger partial charge in [-0.15, -0.1) is 0 Å².